The van der Waals surface area contributed by atoms with Crippen molar-refractivity contribution in [1.29, 1.82) is 0 Å². The van der Waals surface area contributed by atoms with Crippen LogP contribution >= 0.6 is 0 Å². The van der Waals surface area contributed by atoms with Crippen molar-refractivity contribution in [2.45, 2.75) is 25.9 Å². The van der Waals surface area contributed by atoms with Crippen LogP contribution in [0.2, 0.25) is 0 Å². The van der Waals surface area contributed by atoms with Crippen LogP contribution in [-0.2, 0) is 11.2 Å². The van der Waals surface area contributed by atoms with Crippen molar-refractivity contribution in [3.63, 3.8) is 0 Å². The zero-order valence-corrected chi connectivity index (χ0v) is 13.1. The Morgan fingerprint density at radius 1 is 1.43 bits per heavy atom. The third kappa shape index (κ3) is 4.07. The van der Waals surface area contributed by atoms with Crippen LogP contribution in [0.4, 0.5) is 0 Å². The quantitative estimate of drug-likeness (QED) is 0.839. The molecule has 0 saturated carbocycles. The molecule has 7 heteroatoms. The first-order valence-corrected chi connectivity index (χ1v) is 7.68. The van der Waals surface area contributed by atoms with E-state index < -0.39 is 0 Å². The molecular formula is C16H19N5O2. The van der Waals surface area contributed by atoms with Crippen molar-refractivity contribution in [3.05, 3.63) is 47.8 Å². The lowest BCUT2D eigenvalue weighted by atomic mass is 10.1. The minimum atomic E-state index is -0.0933. The second-order valence-corrected chi connectivity index (χ2v) is 5.54. The Bertz CT molecular complexity index is 665. The van der Waals surface area contributed by atoms with Crippen molar-refractivity contribution < 1.29 is 9.53 Å². The summed E-state index contributed by atoms with van der Waals surface area (Å²) in [5.74, 6) is -0.0933. The third-order valence-corrected chi connectivity index (χ3v) is 3.80. The van der Waals surface area contributed by atoms with Crippen molar-refractivity contribution in [2.24, 2.45) is 0 Å². The molecule has 3 heterocycles. The van der Waals surface area contributed by atoms with E-state index in [9.17, 15) is 4.79 Å². The Labute approximate surface area is 134 Å². The Balaban J connectivity index is 1.57. The number of hydrogen-bond acceptors (Lipinski definition) is 6. The number of carbonyl (C=O) groups excluding carboxylic acids is 1. The van der Waals surface area contributed by atoms with Gasteiger partial charge in [-0.25, -0.2) is 9.97 Å². The van der Waals surface area contributed by atoms with Crippen molar-refractivity contribution >= 4 is 5.91 Å². The van der Waals surface area contributed by atoms with E-state index in [1.807, 2.05) is 13.0 Å². The molecule has 0 aliphatic carbocycles. The first-order valence-electron chi connectivity index (χ1n) is 7.68. The lowest BCUT2D eigenvalue weighted by Crippen LogP contribution is -2.46. The van der Waals surface area contributed by atoms with Gasteiger partial charge in [-0.15, -0.1) is 5.10 Å². The number of carbonyl (C=O) groups is 1. The summed E-state index contributed by atoms with van der Waals surface area (Å²) >= 11 is 0. The van der Waals surface area contributed by atoms with Crippen LogP contribution in [-0.4, -0.2) is 56.8 Å². The van der Waals surface area contributed by atoms with Gasteiger partial charge in [-0.3, -0.25) is 4.79 Å². The molecule has 1 saturated heterocycles. The zero-order chi connectivity index (χ0) is 16.1. The molecule has 1 aliphatic heterocycles. The second kappa shape index (κ2) is 7.23. The molecule has 0 spiro atoms. The van der Waals surface area contributed by atoms with E-state index in [0.717, 1.165) is 24.2 Å². The normalized spacial score (nSPS) is 18.0. The minimum Gasteiger partial charge on any atom is -0.375 e. The lowest BCUT2D eigenvalue weighted by Gasteiger charge is -2.32. The largest absolute Gasteiger partial charge is 0.375 e. The summed E-state index contributed by atoms with van der Waals surface area (Å²) in [5.41, 5.74) is 2.33. The molecule has 23 heavy (non-hydrogen) atoms. The maximum absolute atomic E-state index is 12.4. The lowest BCUT2D eigenvalue weighted by molar-refractivity contribution is -0.0249. The van der Waals surface area contributed by atoms with Gasteiger partial charge < -0.3 is 9.64 Å². The summed E-state index contributed by atoms with van der Waals surface area (Å²) < 4.78 is 5.77. The maximum Gasteiger partial charge on any atom is 0.274 e. The number of hydrogen-bond donors (Lipinski definition) is 0. The molecule has 120 valence electrons. The molecule has 7 nitrogen and oxygen atoms in total. The molecule has 1 atom stereocenters. The summed E-state index contributed by atoms with van der Waals surface area (Å²) in [6.45, 7) is 3.64. The highest BCUT2D eigenvalue weighted by atomic mass is 16.5. The Hall–Kier alpha value is -2.41. The van der Waals surface area contributed by atoms with Gasteiger partial charge in [-0.2, -0.15) is 5.10 Å². The number of ether oxygens (including phenoxy) is 1. The van der Waals surface area contributed by atoms with E-state index in [1.54, 1.807) is 29.6 Å². The SMILES string of the molecule is Cc1cc(CCC2CN(C(=O)c3cccnn3)CCO2)ncn1. The van der Waals surface area contributed by atoms with Gasteiger partial charge in [0.2, 0.25) is 0 Å². The van der Waals surface area contributed by atoms with E-state index in [0.29, 0.717) is 25.4 Å². The van der Waals surface area contributed by atoms with Gasteiger partial charge in [0.25, 0.3) is 5.91 Å². The van der Waals surface area contributed by atoms with E-state index in [4.69, 9.17) is 4.74 Å². The standard InChI is InChI=1S/C16H19N5O2/c1-12-9-13(18-11-17-12)4-5-14-10-21(7-8-23-14)16(22)15-3-2-6-19-20-15/h2-3,6,9,11,14H,4-5,7-8,10H2,1H3. The van der Waals surface area contributed by atoms with Crippen LogP contribution < -0.4 is 0 Å². The average molecular weight is 313 g/mol. The summed E-state index contributed by atoms with van der Waals surface area (Å²) in [6.07, 6.45) is 4.78. The van der Waals surface area contributed by atoms with Crippen molar-refractivity contribution in [1.82, 2.24) is 25.1 Å². The van der Waals surface area contributed by atoms with Gasteiger partial charge in [0, 0.05) is 30.7 Å². The Morgan fingerprint density at radius 2 is 2.35 bits per heavy atom. The van der Waals surface area contributed by atoms with E-state index in [2.05, 4.69) is 20.2 Å². The summed E-state index contributed by atoms with van der Waals surface area (Å²) in [6, 6.07) is 5.38. The molecule has 0 N–H and O–H groups in total. The molecule has 1 amide bonds. The van der Waals surface area contributed by atoms with Crippen molar-refractivity contribution in [3.8, 4) is 0 Å². The molecule has 1 aliphatic rings. The predicted molar refractivity (Wildman–Crippen MR) is 82.8 cm³/mol. The number of nitrogens with zero attached hydrogens (tertiary/aromatic N) is 5. The van der Waals surface area contributed by atoms with E-state index >= 15 is 0 Å². The smallest absolute Gasteiger partial charge is 0.274 e. The molecule has 0 bridgehead atoms. The highest BCUT2D eigenvalue weighted by Gasteiger charge is 2.25. The fourth-order valence-corrected chi connectivity index (χ4v) is 2.61. The number of morpholine rings is 1. The molecule has 3 rings (SSSR count). The number of amides is 1. The van der Waals surface area contributed by atoms with Crippen LogP contribution in [0, 0.1) is 6.92 Å². The van der Waals surface area contributed by atoms with Gasteiger partial charge in [-0.1, -0.05) is 0 Å². The minimum absolute atomic E-state index is 0.0136. The van der Waals surface area contributed by atoms with Gasteiger partial charge >= 0.3 is 0 Å². The fourth-order valence-electron chi connectivity index (χ4n) is 2.61. The summed E-state index contributed by atoms with van der Waals surface area (Å²) in [4.78, 5) is 22.5. The van der Waals surface area contributed by atoms with Crippen LogP contribution in [0.5, 0.6) is 0 Å². The van der Waals surface area contributed by atoms with Crippen LogP contribution in [0.3, 0.4) is 0 Å². The number of aryl methyl sites for hydroxylation is 2. The Kier molecular flexibility index (Phi) is 4.87. The summed E-state index contributed by atoms with van der Waals surface area (Å²) in [5, 5.41) is 7.64. The molecule has 0 radical (unpaired) electrons. The van der Waals surface area contributed by atoms with Gasteiger partial charge in [0.15, 0.2) is 5.69 Å². The molecule has 1 fully saturated rings. The summed E-state index contributed by atoms with van der Waals surface area (Å²) in [7, 11) is 0. The first kappa shape index (κ1) is 15.5. The molecule has 2 aromatic rings. The van der Waals surface area contributed by atoms with E-state index in [-0.39, 0.29) is 12.0 Å². The van der Waals surface area contributed by atoms with Crippen LogP contribution in [0.15, 0.2) is 30.7 Å². The maximum atomic E-state index is 12.4. The molecule has 2 aromatic heterocycles. The number of rotatable bonds is 4. The number of aromatic nitrogens is 4. The second-order valence-electron chi connectivity index (χ2n) is 5.54. The molecular weight excluding hydrogens is 294 g/mol. The zero-order valence-electron chi connectivity index (χ0n) is 13.1. The van der Waals surface area contributed by atoms with Crippen molar-refractivity contribution in [2.75, 3.05) is 19.7 Å². The monoisotopic (exact) mass is 313 g/mol. The molecule has 0 aromatic carbocycles. The van der Waals surface area contributed by atoms with Crippen LogP contribution in [0.1, 0.15) is 28.3 Å². The average Bonchev–Trinajstić information content (AvgIpc) is 2.60. The van der Waals surface area contributed by atoms with Gasteiger partial charge in [0.1, 0.15) is 6.33 Å². The predicted octanol–water partition coefficient (Wildman–Crippen LogP) is 1.05. The highest BCUT2D eigenvalue weighted by Crippen LogP contribution is 2.13. The fraction of sp³-hybridized carbons (Fsp3) is 0.438. The highest BCUT2D eigenvalue weighted by molar-refractivity contribution is 5.92. The van der Waals surface area contributed by atoms with Gasteiger partial charge in [-0.05, 0) is 38.0 Å². The Morgan fingerprint density at radius 3 is 3.13 bits per heavy atom. The molecule has 1 unspecified atom stereocenters. The topological polar surface area (TPSA) is 81.1 Å². The van der Waals surface area contributed by atoms with Crippen LogP contribution in [0.25, 0.3) is 0 Å². The third-order valence-electron chi connectivity index (χ3n) is 3.80. The van der Waals surface area contributed by atoms with Gasteiger partial charge in [0.05, 0.1) is 12.7 Å². The van der Waals surface area contributed by atoms with E-state index in [1.165, 1.54) is 0 Å². The first-order chi connectivity index (χ1) is 11.2.